The predicted octanol–water partition coefficient (Wildman–Crippen LogP) is 2.22. The molecule has 0 spiro atoms. The number of aromatic amines is 1. The number of nitrogens with one attached hydrogen (secondary N) is 3. The lowest BCUT2D eigenvalue weighted by Gasteiger charge is -2.27. The van der Waals surface area contributed by atoms with Crippen LogP contribution in [0, 0.1) is 0 Å². The maximum Gasteiger partial charge on any atom is 0.243 e. The van der Waals surface area contributed by atoms with Crippen molar-refractivity contribution in [2.24, 2.45) is 0 Å². The molecule has 1 fully saturated rings. The number of hydrogen-bond donors (Lipinski definition) is 3. The van der Waals surface area contributed by atoms with Gasteiger partial charge in [0.15, 0.2) is 0 Å². The Kier molecular flexibility index (Phi) is 4.42. The average molecular weight is 325 g/mol. The van der Waals surface area contributed by atoms with Crippen LogP contribution in [0.25, 0.3) is 10.9 Å². The number of carbonyl (C=O) groups is 2. The van der Waals surface area contributed by atoms with Crippen molar-refractivity contribution in [1.82, 2.24) is 15.6 Å². The smallest absolute Gasteiger partial charge is 0.243 e. The van der Waals surface area contributed by atoms with E-state index in [1.165, 1.54) is 11.1 Å². The van der Waals surface area contributed by atoms with Crippen molar-refractivity contribution in [3.8, 4) is 0 Å². The fourth-order valence-corrected chi connectivity index (χ4v) is 3.03. The minimum Gasteiger partial charge on any atom is -0.361 e. The molecule has 3 N–H and O–H groups in total. The van der Waals surface area contributed by atoms with Gasteiger partial charge in [-0.25, -0.2) is 0 Å². The first-order valence-electron chi connectivity index (χ1n) is 8.27. The molecule has 0 radical (unpaired) electrons. The number of H-pyrrole nitrogens is 1. The minimum atomic E-state index is -0.519. The molecule has 126 valence electrons. The normalized spacial score (nSPS) is 20.6. The van der Waals surface area contributed by atoms with Gasteiger partial charge in [-0.05, 0) is 38.3 Å². The summed E-state index contributed by atoms with van der Waals surface area (Å²) in [5.74, 6) is -0.263. The average Bonchev–Trinajstić information content (AvgIpc) is 2.94. The van der Waals surface area contributed by atoms with Crippen molar-refractivity contribution in [3.05, 3.63) is 47.2 Å². The van der Waals surface area contributed by atoms with Crippen LogP contribution in [0.1, 0.15) is 31.9 Å². The van der Waals surface area contributed by atoms with Crippen LogP contribution >= 0.6 is 0 Å². The van der Waals surface area contributed by atoms with Gasteiger partial charge in [-0.3, -0.25) is 9.59 Å². The van der Waals surface area contributed by atoms with E-state index in [-0.39, 0.29) is 11.8 Å². The third-order valence-corrected chi connectivity index (χ3v) is 4.43. The van der Waals surface area contributed by atoms with Crippen molar-refractivity contribution >= 4 is 22.7 Å². The molecular weight excluding hydrogens is 302 g/mol. The molecule has 5 nitrogen and oxygen atoms in total. The number of hydrogen-bond acceptors (Lipinski definition) is 2. The summed E-state index contributed by atoms with van der Waals surface area (Å²) in [6.07, 6.45) is 5.49. The number of amides is 2. The third kappa shape index (κ3) is 3.20. The Morgan fingerprint density at radius 1 is 1.12 bits per heavy atom. The monoisotopic (exact) mass is 325 g/mol. The van der Waals surface area contributed by atoms with Gasteiger partial charge in [0.1, 0.15) is 12.1 Å². The number of aromatic nitrogens is 1. The molecule has 1 aromatic carbocycles. The van der Waals surface area contributed by atoms with E-state index in [1.54, 1.807) is 6.92 Å². The first-order valence-corrected chi connectivity index (χ1v) is 8.27. The van der Waals surface area contributed by atoms with Crippen LogP contribution in [-0.2, 0) is 22.4 Å². The summed E-state index contributed by atoms with van der Waals surface area (Å²) in [6, 6.07) is 5.22. The van der Waals surface area contributed by atoms with Gasteiger partial charge in [0.25, 0.3) is 0 Å². The molecule has 1 saturated heterocycles. The maximum absolute atomic E-state index is 12.1. The molecular formula is C19H23N3O2. The molecule has 24 heavy (non-hydrogen) atoms. The Labute approximate surface area is 141 Å². The number of para-hydroxylation sites is 1. The Morgan fingerprint density at radius 3 is 2.67 bits per heavy atom. The highest BCUT2D eigenvalue weighted by molar-refractivity contribution is 5.97. The van der Waals surface area contributed by atoms with Crippen molar-refractivity contribution in [2.45, 2.75) is 45.7 Å². The zero-order chi connectivity index (χ0) is 17.3. The number of rotatable bonds is 4. The SMILES string of the molecule is CC(C)=CCc1cccc2c(CC3NC(=O)[C@H](C)NC3=O)c[nH]c12. The molecule has 1 aliphatic heterocycles. The van der Waals surface area contributed by atoms with Crippen LogP contribution in [-0.4, -0.2) is 28.9 Å². The van der Waals surface area contributed by atoms with Crippen LogP contribution < -0.4 is 10.6 Å². The summed E-state index contributed by atoms with van der Waals surface area (Å²) in [7, 11) is 0. The van der Waals surface area contributed by atoms with E-state index in [9.17, 15) is 9.59 Å². The largest absolute Gasteiger partial charge is 0.361 e. The topological polar surface area (TPSA) is 74.0 Å². The van der Waals surface area contributed by atoms with Crippen molar-refractivity contribution in [3.63, 3.8) is 0 Å². The van der Waals surface area contributed by atoms with Crippen molar-refractivity contribution in [1.29, 1.82) is 0 Å². The lowest BCUT2D eigenvalue weighted by atomic mass is 10.00. The summed E-state index contributed by atoms with van der Waals surface area (Å²) in [5, 5.41) is 6.62. The van der Waals surface area contributed by atoms with Gasteiger partial charge in [-0.15, -0.1) is 0 Å². The Morgan fingerprint density at radius 2 is 1.92 bits per heavy atom. The van der Waals surface area contributed by atoms with E-state index in [0.29, 0.717) is 6.42 Å². The predicted molar refractivity (Wildman–Crippen MR) is 94.7 cm³/mol. The molecule has 2 amide bonds. The van der Waals surface area contributed by atoms with Gasteiger partial charge in [0.2, 0.25) is 11.8 Å². The summed E-state index contributed by atoms with van der Waals surface area (Å²) >= 11 is 0. The van der Waals surface area contributed by atoms with Crippen molar-refractivity contribution < 1.29 is 9.59 Å². The molecule has 2 heterocycles. The van der Waals surface area contributed by atoms with Gasteiger partial charge in [0, 0.05) is 23.5 Å². The molecule has 3 rings (SSSR count). The quantitative estimate of drug-likeness (QED) is 0.754. The third-order valence-electron chi connectivity index (χ3n) is 4.43. The number of fused-ring (bicyclic) bond motifs is 1. The van der Waals surface area contributed by atoms with Crippen molar-refractivity contribution in [2.75, 3.05) is 0 Å². The maximum atomic E-state index is 12.1. The van der Waals surface area contributed by atoms with Gasteiger partial charge in [-0.1, -0.05) is 29.8 Å². The first kappa shape index (κ1) is 16.3. The summed E-state index contributed by atoms with van der Waals surface area (Å²) in [6.45, 7) is 5.86. The molecule has 2 atom stereocenters. The molecule has 0 aliphatic carbocycles. The zero-order valence-electron chi connectivity index (χ0n) is 14.3. The molecule has 1 unspecified atom stereocenters. The van der Waals surface area contributed by atoms with E-state index in [2.05, 4.69) is 47.7 Å². The minimum absolute atomic E-state index is 0.128. The Bertz CT molecular complexity index is 815. The molecule has 2 aromatic rings. The van der Waals surface area contributed by atoms with Crippen LogP contribution in [0.2, 0.25) is 0 Å². The van der Waals surface area contributed by atoms with E-state index in [0.717, 1.165) is 22.9 Å². The molecule has 0 saturated carbocycles. The highest BCUT2D eigenvalue weighted by Crippen LogP contribution is 2.24. The molecule has 0 bridgehead atoms. The molecule has 1 aliphatic rings. The lowest BCUT2D eigenvalue weighted by Crippen LogP contribution is -2.61. The van der Waals surface area contributed by atoms with Gasteiger partial charge in [-0.2, -0.15) is 0 Å². The fourth-order valence-electron chi connectivity index (χ4n) is 3.03. The van der Waals surface area contributed by atoms with E-state index >= 15 is 0 Å². The fraction of sp³-hybridized carbons (Fsp3) is 0.368. The second-order valence-corrected chi connectivity index (χ2v) is 6.63. The summed E-state index contributed by atoms with van der Waals surface area (Å²) in [4.78, 5) is 27.2. The lowest BCUT2D eigenvalue weighted by molar-refractivity contribution is -0.136. The number of carbonyl (C=O) groups excluding carboxylic acids is 2. The first-order chi connectivity index (χ1) is 11.5. The number of allylic oxidation sites excluding steroid dienone is 2. The van der Waals surface area contributed by atoms with Gasteiger partial charge >= 0.3 is 0 Å². The highest BCUT2D eigenvalue weighted by Gasteiger charge is 2.31. The zero-order valence-corrected chi connectivity index (χ0v) is 14.3. The second kappa shape index (κ2) is 6.51. The van der Waals surface area contributed by atoms with Crippen LogP contribution in [0.15, 0.2) is 36.0 Å². The van der Waals surface area contributed by atoms with Gasteiger partial charge in [0.05, 0.1) is 0 Å². The number of piperazine rings is 1. The van der Waals surface area contributed by atoms with E-state index in [4.69, 9.17) is 0 Å². The Hall–Kier alpha value is -2.56. The summed E-state index contributed by atoms with van der Waals surface area (Å²) < 4.78 is 0. The second-order valence-electron chi connectivity index (χ2n) is 6.63. The molecule has 5 heteroatoms. The highest BCUT2D eigenvalue weighted by atomic mass is 16.2. The standard InChI is InChI=1S/C19H23N3O2/c1-11(2)7-8-13-5-4-6-15-14(10-20-17(13)15)9-16-19(24)21-12(3)18(23)22-16/h4-7,10,12,16,20H,8-9H2,1-3H3,(H,21,24)(H,22,23)/t12-,16?/m0/s1. The Balaban J connectivity index is 1.86. The molecule has 1 aromatic heterocycles. The number of benzene rings is 1. The summed E-state index contributed by atoms with van der Waals surface area (Å²) in [5.41, 5.74) is 4.65. The van der Waals surface area contributed by atoms with E-state index in [1.807, 2.05) is 12.3 Å². The van der Waals surface area contributed by atoms with Gasteiger partial charge < -0.3 is 15.6 Å². The van der Waals surface area contributed by atoms with Crippen LogP contribution in [0.4, 0.5) is 0 Å². The van der Waals surface area contributed by atoms with Crippen LogP contribution in [0.5, 0.6) is 0 Å². The van der Waals surface area contributed by atoms with Crippen LogP contribution in [0.3, 0.4) is 0 Å². The van der Waals surface area contributed by atoms with E-state index < -0.39 is 12.1 Å².